The third-order valence-electron chi connectivity index (χ3n) is 4.18. The number of thiocarbonyl (C=S) groups is 1. The monoisotopic (exact) mass is 337 g/mol. The fraction of sp³-hybridized carbons (Fsp3) is 0.211. The highest BCUT2D eigenvalue weighted by molar-refractivity contribution is 7.81. The van der Waals surface area contributed by atoms with Crippen LogP contribution in [0.25, 0.3) is 0 Å². The van der Waals surface area contributed by atoms with Crippen LogP contribution in [0.3, 0.4) is 0 Å². The fourth-order valence-electron chi connectivity index (χ4n) is 2.66. The predicted octanol–water partition coefficient (Wildman–Crippen LogP) is 3.03. The van der Waals surface area contributed by atoms with Gasteiger partial charge in [0.15, 0.2) is 0 Å². The molecule has 2 aromatic heterocycles. The number of rotatable bonds is 5. The minimum Gasteiger partial charge on any atom is -0.347 e. The molecule has 0 aliphatic heterocycles. The molecular weight excluding hydrogens is 318 g/mol. The van der Waals surface area contributed by atoms with Crippen molar-refractivity contribution in [2.24, 2.45) is 7.05 Å². The molecular formula is C19H19N3OS. The molecule has 1 aromatic carbocycles. The highest BCUT2D eigenvalue weighted by Gasteiger charge is 2.12. The topological polar surface area (TPSA) is 50.7 Å². The first-order chi connectivity index (χ1) is 11.6. The van der Waals surface area contributed by atoms with Crippen molar-refractivity contribution in [1.29, 1.82) is 0 Å². The van der Waals surface area contributed by atoms with Crippen LogP contribution in [0.1, 0.15) is 35.1 Å². The normalized spacial score (nSPS) is 10.8. The summed E-state index contributed by atoms with van der Waals surface area (Å²) >= 11 is 5.67. The Morgan fingerprint density at radius 1 is 1.12 bits per heavy atom. The van der Waals surface area contributed by atoms with Gasteiger partial charge >= 0.3 is 0 Å². The fourth-order valence-corrected chi connectivity index (χ4v) is 3.00. The summed E-state index contributed by atoms with van der Waals surface area (Å²) in [6, 6.07) is 15.7. The number of aromatic amines is 1. The lowest BCUT2D eigenvalue weighted by Crippen LogP contribution is -2.11. The molecule has 0 fully saturated rings. The van der Waals surface area contributed by atoms with E-state index in [0.29, 0.717) is 6.42 Å². The Kier molecular flexibility index (Phi) is 4.71. The molecule has 4 nitrogen and oxygen atoms in total. The third-order valence-corrected chi connectivity index (χ3v) is 4.63. The van der Waals surface area contributed by atoms with E-state index >= 15 is 0 Å². The smallest absolute Gasteiger partial charge is 0.264 e. The van der Waals surface area contributed by atoms with E-state index < -0.39 is 0 Å². The molecule has 1 N–H and O–H groups in total. The highest BCUT2D eigenvalue weighted by atomic mass is 32.1. The Morgan fingerprint density at radius 3 is 2.50 bits per heavy atom. The number of aromatic nitrogens is 3. The molecule has 0 spiro atoms. The lowest BCUT2D eigenvalue weighted by Gasteiger charge is -2.09. The number of hydrogen-bond acceptors (Lipinski definition) is 3. The van der Waals surface area contributed by atoms with Gasteiger partial charge in [0.1, 0.15) is 0 Å². The van der Waals surface area contributed by atoms with Crippen molar-refractivity contribution in [3.05, 3.63) is 87.1 Å². The second-order valence-corrected chi connectivity index (χ2v) is 6.15. The molecule has 3 aromatic rings. The maximum absolute atomic E-state index is 11.1. The van der Waals surface area contributed by atoms with Gasteiger partial charge in [-0.3, -0.25) is 4.79 Å². The third kappa shape index (κ3) is 3.36. The van der Waals surface area contributed by atoms with Gasteiger partial charge in [0.25, 0.3) is 5.56 Å². The summed E-state index contributed by atoms with van der Waals surface area (Å²) in [7, 11) is 2.00. The molecule has 0 bridgehead atoms. The van der Waals surface area contributed by atoms with E-state index in [1.54, 1.807) is 6.07 Å². The summed E-state index contributed by atoms with van der Waals surface area (Å²) in [6.07, 6.45) is 1.66. The Balaban J connectivity index is 1.84. The Labute approximate surface area is 146 Å². The zero-order valence-electron chi connectivity index (χ0n) is 13.7. The standard InChI is InChI=1S/C19H19N3OS/c1-3-13-4-6-14(7-5-13)19(24)17-10-9-16(22(17)2)12-15-8-11-18(23)21-20-15/h4-11H,3,12H2,1-2H3,(H,21,23). The summed E-state index contributed by atoms with van der Waals surface area (Å²) in [5.74, 6) is 0. The second kappa shape index (κ2) is 6.93. The van der Waals surface area contributed by atoms with Crippen molar-refractivity contribution < 1.29 is 0 Å². The molecule has 0 amide bonds. The number of aryl methyl sites for hydroxylation is 1. The summed E-state index contributed by atoms with van der Waals surface area (Å²) in [4.78, 5) is 11.9. The van der Waals surface area contributed by atoms with E-state index in [1.165, 1.54) is 11.6 Å². The van der Waals surface area contributed by atoms with Gasteiger partial charge in [0.05, 0.1) is 16.3 Å². The van der Waals surface area contributed by atoms with Crippen LogP contribution in [0, 0.1) is 0 Å². The summed E-state index contributed by atoms with van der Waals surface area (Å²) < 4.78 is 2.09. The van der Waals surface area contributed by atoms with Gasteiger partial charge in [-0.1, -0.05) is 43.4 Å². The maximum atomic E-state index is 11.1. The van der Waals surface area contributed by atoms with Crippen molar-refractivity contribution in [1.82, 2.24) is 14.8 Å². The Morgan fingerprint density at radius 2 is 1.88 bits per heavy atom. The highest BCUT2D eigenvalue weighted by Crippen LogP contribution is 2.17. The van der Waals surface area contributed by atoms with Crippen molar-refractivity contribution >= 4 is 17.1 Å². The van der Waals surface area contributed by atoms with Gasteiger partial charge in [-0.15, -0.1) is 0 Å². The van der Waals surface area contributed by atoms with E-state index in [9.17, 15) is 4.79 Å². The zero-order chi connectivity index (χ0) is 17.1. The number of benzene rings is 1. The van der Waals surface area contributed by atoms with Gasteiger partial charge in [0.2, 0.25) is 0 Å². The minimum atomic E-state index is -0.192. The molecule has 24 heavy (non-hydrogen) atoms. The van der Waals surface area contributed by atoms with E-state index in [1.807, 2.05) is 13.1 Å². The zero-order valence-corrected chi connectivity index (χ0v) is 14.6. The van der Waals surface area contributed by atoms with Crippen LogP contribution >= 0.6 is 12.2 Å². The molecule has 0 saturated heterocycles. The average molecular weight is 337 g/mol. The van der Waals surface area contributed by atoms with Crippen LogP contribution < -0.4 is 5.56 Å². The van der Waals surface area contributed by atoms with Crippen LogP contribution in [-0.4, -0.2) is 19.6 Å². The molecule has 0 atom stereocenters. The van der Waals surface area contributed by atoms with Crippen molar-refractivity contribution in [2.75, 3.05) is 0 Å². The van der Waals surface area contributed by atoms with E-state index in [4.69, 9.17) is 12.2 Å². The van der Waals surface area contributed by atoms with Gasteiger partial charge in [0, 0.05) is 25.2 Å². The first-order valence-electron chi connectivity index (χ1n) is 7.91. The first-order valence-corrected chi connectivity index (χ1v) is 8.32. The van der Waals surface area contributed by atoms with Crippen LogP contribution in [-0.2, 0) is 19.9 Å². The Bertz CT molecular complexity index is 902. The van der Waals surface area contributed by atoms with E-state index in [-0.39, 0.29) is 5.56 Å². The number of H-pyrrole nitrogens is 1. The number of nitrogens with zero attached hydrogens (tertiary/aromatic N) is 2. The van der Waals surface area contributed by atoms with Crippen LogP contribution in [0.4, 0.5) is 0 Å². The quantitative estimate of drug-likeness (QED) is 0.575. The second-order valence-electron chi connectivity index (χ2n) is 5.74. The van der Waals surface area contributed by atoms with E-state index in [2.05, 4.69) is 52.0 Å². The van der Waals surface area contributed by atoms with Gasteiger partial charge in [-0.2, -0.15) is 5.10 Å². The molecule has 3 rings (SSSR count). The van der Waals surface area contributed by atoms with Crippen molar-refractivity contribution in [3.8, 4) is 0 Å². The molecule has 0 unspecified atom stereocenters. The van der Waals surface area contributed by atoms with Crippen LogP contribution in [0.15, 0.2) is 53.3 Å². The molecule has 2 heterocycles. The maximum Gasteiger partial charge on any atom is 0.264 e. The number of hydrogen-bond donors (Lipinski definition) is 1. The summed E-state index contributed by atoms with van der Waals surface area (Å²) in [6.45, 7) is 2.14. The lowest BCUT2D eigenvalue weighted by molar-refractivity contribution is 0.816. The molecule has 5 heteroatoms. The summed E-state index contributed by atoms with van der Waals surface area (Å²) in [5.41, 5.74) is 5.09. The van der Waals surface area contributed by atoms with E-state index in [0.717, 1.165) is 33.9 Å². The Hall–Kier alpha value is -2.53. The molecule has 0 aliphatic carbocycles. The minimum absolute atomic E-state index is 0.192. The molecule has 0 aliphatic rings. The average Bonchev–Trinajstić information content (AvgIpc) is 2.97. The molecule has 122 valence electrons. The molecule has 0 saturated carbocycles. The summed E-state index contributed by atoms with van der Waals surface area (Å²) in [5, 5.41) is 6.53. The van der Waals surface area contributed by atoms with Crippen molar-refractivity contribution in [2.45, 2.75) is 19.8 Å². The molecule has 0 radical (unpaired) electrons. The largest absolute Gasteiger partial charge is 0.347 e. The predicted molar refractivity (Wildman–Crippen MR) is 99.7 cm³/mol. The van der Waals surface area contributed by atoms with Gasteiger partial charge in [-0.25, -0.2) is 5.10 Å². The van der Waals surface area contributed by atoms with Gasteiger partial charge < -0.3 is 4.57 Å². The van der Waals surface area contributed by atoms with Gasteiger partial charge in [-0.05, 0) is 35.7 Å². The van der Waals surface area contributed by atoms with Crippen molar-refractivity contribution in [3.63, 3.8) is 0 Å². The van der Waals surface area contributed by atoms with Crippen LogP contribution in [0.5, 0.6) is 0 Å². The SMILES string of the molecule is CCc1ccc(C(=S)c2ccc(Cc3ccc(=O)[nH]n3)n2C)cc1. The lowest BCUT2D eigenvalue weighted by atomic mass is 10.1. The first kappa shape index (κ1) is 16.3. The number of nitrogens with one attached hydrogen (secondary N) is 1. The van der Waals surface area contributed by atoms with Crippen LogP contribution in [0.2, 0.25) is 0 Å².